The lowest BCUT2D eigenvalue weighted by molar-refractivity contribution is -0.120. The molecule has 0 aromatic heterocycles. The molecule has 0 spiro atoms. The molecule has 1 aromatic rings. The first-order chi connectivity index (χ1) is 9.92. The molecule has 0 aliphatic carbocycles. The van der Waals surface area contributed by atoms with Crippen molar-refractivity contribution < 1.29 is 9.59 Å². The smallest absolute Gasteiger partial charge is 0.225 e. The first kappa shape index (κ1) is 17.0. The molecular formula is C15H24N4O2. The van der Waals surface area contributed by atoms with Crippen molar-refractivity contribution in [1.29, 1.82) is 0 Å². The summed E-state index contributed by atoms with van der Waals surface area (Å²) in [5.74, 6) is -0.0431. The number of nitrogens with one attached hydrogen (secondary N) is 2. The molecule has 0 fully saturated rings. The van der Waals surface area contributed by atoms with Crippen molar-refractivity contribution in [2.24, 2.45) is 0 Å². The van der Waals surface area contributed by atoms with Crippen molar-refractivity contribution in [3.63, 3.8) is 0 Å². The van der Waals surface area contributed by atoms with Crippen LogP contribution in [0.3, 0.4) is 0 Å². The summed E-state index contributed by atoms with van der Waals surface area (Å²) in [4.78, 5) is 25.0. The van der Waals surface area contributed by atoms with Gasteiger partial charge in [-0.25, -0.2) is 0 Å². The number of aryl methyl sites for hydroxylation is 1. The number of benzene rings is 1. The van der Waals surface area contributed by atoms with Crippen molar-refractivity contribution in [2.75, 3.05) is 38.2 Å². The van der Waals surface area contributed by atoms with Crippen molar-refractivity contribution in [3.8, 4) is 0 Å². The highest BCUT2D eigenvalue weighted by Gasteiger charge is 2.08. The van der Waals surface area contributed by atoms with Gasteiger partial charge in [0.25, 0.3) is 0 Å². The van der Waals surface area contributed by atoms with E-state index in [2.05, 4.69) is 10.6 Å². The topological polar surface area (TPSA) is 87.5 Å². The third kappa shape index (κ3) is 6.27. The maximum Gasteiger partial charge on any atom is 0.225 e. The highest BCUT2D eigenvalue weighted by molar-refractivity contribution is 5.91. The summed E-state index contributed by atoms with van der Waals surface area (Å²) >= 11 is 0. The van der Waals surface area contributed by atoms with Gasteiger partial charge < -0.3 is 21.3 Å². The van der Waals surface area contributed by atoms with Crippen molar-refractivity contribution >= 4 is 23.2 Å². The Bertz CT molecular complexity index is 502. The monoisotopic (exact) mass is 292 g/mol. The number of hydrogen-bond donors (Lipinski definition) is 3. The van der Waals surface area contributed by atoms with E-state index in [0.29, 0.717) is 31.6 Å². The van der Waals surface area contributed by atoms with Crippen LogP contribution in [0.1, 0.15) is 18.4 Å². The SMILES string of the molecule is CNC(=O)CCN(C)CCC(=O)Nc1ccc(N)cc1C. The number of carbonyl (C=O) groups is 2. The Morgan fingerprint density at radius 3 is 2.38 bits per heavy atom. The number of carbonyl (C=O) groups excluding carboxylic acids is 2. The van der Waals surface area contributed by atoms with E-state index in [0.717, 1.165) is 11.3 Å². The van der Waals surface area contributed by atoms with Gasteiger partial charge in [-0.1, -0.05) is 0 Å². The van der Waals surface area contributed by atoms with Crippen LogP contribution in [0, 0.1) is 6.92 Å². The van der Waals surface area contributed by atoms with Crippen molar-refractivity contribution in [3.05, 3.63) is 23.8 Å². The van der Waals surface area contributed by atoms with Gasteiger partial charge in [-0.3, -0.25) is 9.59 Å². The maximum absolute atomic E-state index is 11.9. The predicted octanol–water partition coefficient (Wildman–Crippen LogP) is 0.974. The summed E-state index contributed by atoms with van der Waals surface area (Å²) in [6.45, 7) is 3.14. The number of anilines is 2. The molecule has 6 nitrogen and oxygen atoms in total. The van der Waals surface area contributed by atoms with Gasteiger partial charge in [0.1, 0.15) is 0 Å². The van der Waals surface area contributed by atoms with Gasteiger partial charge in [0, 0.05) is 44.4 Å². The largest absolute Gasteiger partial charge is 0.399 e. The Balaban J connectivity index is 2.35. The van der Waals surface area contributed by atoms with E-state index in [9.17, 15) is 9.59 Å². The van der Waals surface area contributed by atoms with Gasteiger partial charge in [-0.15, -0.1) is 0 Å². The molecule has 0 bridgehead atoms. The standard InChI is InChI=1S/C15H24N4O2/c1-11-10-12(16)4-5-13(11)18-15(21)7-9-19(3)8-6-14(20)17-2/h4-5,10H,6-9,16H2,1-3H3,(H,17,20)(H,18,21). The maximum atomic E-state index is 11.9. The van der Waals surface area contributed by atoms with E-state index in [1.54, 1.807) is 19.2 Å². The Kier molecular flexibility index (Phi) is 6.68. The summed E-state index contributed by atoms with van der Waals surface area (Å²) in [5, 5.41) is 5.44. The summed E-state index contributed by atoms with van der Waals surface area (Å²) in [7, 11) is 3.51. The summed E-state index contributed by atoms with van der Waals surface area (Å²) in [6, 6.07) is 5.39. The third-order valence-electron chi connectivity index (χ3n) is 3.24. The minimum atomic E-state index is -0.0466. The van der Waals surface area contributed by atoms with Crippen LogP contribution in [0.2, 0.25) is 0 Å². The van der Waals surface area contributed by atoms with Gasteiger partial charge in [0.15, 0.2) is 0 Å². The van der Waals surface area contributed by atoms with Crippen LogP contribution in [0.4, 0.5) is 11.4 Å². The van der Waals surface area contributed by atoms with E-state index in [1.165, 1.54) is 0 Å². The van der Waals surface area contributed by atoms with Crippen LogP contribution < -0.4 is 16.4 Å². The van der Waals surface area contributed by atoms with Crippen LogP contribution in [0.25, 0.3) is 0 Å². The Morgan fingerprint density at radius 2 is 1.81 bits per heavy atom. The van der Waals surface area contributed by atoms with Gasteiger partial charge >= 0.3 is 0 Å². The highest BCUT2D eigenvalue weighted by Crippen LogP contribution is 2.17. The van der Waals surface area contributed by atoms with Crippen LogP contribution in [0.5, 0.6) is 0 Å². The summed E-state index contributed by atoms with van der Waals surface area (Å²) in [5.41, 5.74) is 8.07. The molecular weight excluding hydrogens is 268 g/mol. The molecule has 0 aliphatic heterocycles. The minimum absolute atomic E-state index is 0.00352. The average molecular weight is 292 g/mol. The molecule has 0 radical (unpaired) electrons. The molecule has 4 N–H and O–H groups in total. The summed E-state index contributed by atoms with van der Waals surface area (Å²) in [6.07, 6.45) is 0.819. The molecule has 116 valence electrons. The molecule has 0 heterocycles. The molecule has 0 saturated heterocycles. The molecule has 2 amide bonds. The predicted molar refractivity (Wildman–Crippen MR) is 85.0 cm³/mol. The molecule has 0 atom stereocenters. The van der Waals surface area contributed by atoms with Crippen LogP contribution in [-0.4, -0.2) is 43.9 Å². The van der Waals surface area contributed by atoms with E-state index < -0.39 is 0 Å². The zero-order valence-electron chi connectivity index (χ0n) is 12.9. The van der Waals surface area contributed by atoms with Crippen LogP contribution in [-0.2, 0) is 9.59 Å². The Labute approximate surface area is 125 Å². The second-order valence-electron chi connectivity index (χ2n) is 5.10. The normalized spacial score (nSPS) is 10.5. The van der Waals surface area contributed by atoms with Crippen LogP contribution in [0.15, 0.2) is 18.2 Å². The Hall–Kier alpha value is -2.08. The fraction of sp³-hybridized carbons (Fsp3) is 0.467. The Morgan fingerprint density at radius 1 is 1.19 bits per heavy atom. The molecule has 0 saturated carbocycles. The lowest BCUT2D eigenvalue weighted by Gasteiger charge is -2.16. The lowest BCUT2D eigenvalue weighted by Crippen LogP contribution is -2.29. The average Bonchev–Trinajstić information content (AvgIpc) is 2.45. The van der Waals surface area contributed by atoms with E-state index >= 15 is 0 Å². The van der Waals surface area contributed by atoms with Crippen molar-refractivity contribution in [2.45, 2.75) is 19.8 Å². The number of rotatable bonds is 7. The molecule has 6 heteroatoms. The number of amides is 2. The number of hydrogen-bond acceptors (Lipinski definition) is 4. The number of nitrogens with zero attached hydrogens (tertiary/aromatic N) is 1. The first-order valence-electron chi connectivity index (χ1n) is 6.97. The van der Waals surface area contributed by atoms with Gasteiger partial charge in [-0.2, -0.15) is 0 Å². The van der Waals surface area contributed by atoms with Crippen molar-refractivity contribution in [1.82, 2.24) is 10.2 Å². The lowest BCUT2D eigenvalue weighted by atomic mass is 10.2. The molecule has 0 aliphatic rings. The number of nitrogen functional groups attached to an aromatic ring is 1. The van der Waals surface area contributed by atoms with E-state index in [-0.39, 0.29) is 11.8 Å². The third-order valence-corrected chi connectivity index (χ3v) is 3.24. The molecule has 1 aromatic carbocycles. The molecule has 21 heavy (non-hydrogen) atoms. The zero-order chi connectivity index (χ0) is 15.8. The second kappa shape index (κ2) is 8.26. The number of nitrogens with two attached hydrogens (primary N) is 1. The van der Waals surface area contributed by atoms with Gasteiger partial charge in [0.05, 0.1) is 0 Å². The molecule has 1 rings (SSSR count). The first-order valence-corrected chi connectivity index (χ1v) is 6.97. The van der Waals surface area contributed by atoms with E-state index in [4.69, 9.17) is 5.73 Å². The summed E-state index contributed by atoms with van der Waals surface area (Å²) < 4.78 is 0. The quantitative estimate of drug-likeness (QED) is 0.654. The fourth-order valence-corrected chi connectivity index (χ4v) is 1.86. The minimum Gasteiger partial charge on any atom is -0.399 e. The van der Waals surface area contributed by atoms with Crippen LogP contribution >= 0.6 is 0 Å². The zero-order valence-corrected chi connectivity index (χ0v) is 12.9. The van der Waals surface area contributed by atoms with Gasteiger partial charge in [-0.05, 0) is 37.7 Å². The highest BCUT2D eigenvalue weighted by atomic mass is 16.2. The molecule has 0 unspecified atom stereocenters. The van der Waals surface area contributed by atoms with Gasteiger partial charge in [0.2, 0.25) is 11.8 Å². The van der Waals surface area contributed by atoms with E-state index in [1.807, 2.05) is 24.9 Å². The fourth-order valence-electron chi connectivity index (χ4n) is 1.86. The second-order valence-corrected chi connectivity index (χ2v) is 5.10.